The van der Waals surface area contributed by atoms with E-state index >= 15 is 0 Å². The molecule has 6 nitrogen and oxygen atoms in total. The summed E-state index contributed by atoms with van der Waals surface area (Å²) in [6.45, 7) is 0.756. The lowest BCUT2D eigenvalue weighted by Crippen LogP contribution is -2.05. The van der Waals surface area contributed by atoms with Gasteiger partial charge in [0.05, 0.1) is 13.3 Å². The third kappa shape index (κ3) is 3.03. The number of ether oxygens (including phenoxy) is 2. The van der Waals surface area contributed by atoms with Gasteiger partial charge in [0.15, 0.2) is 5.82 Å². The molecule has 2 aromatic rings. The highest BCUT2D eigenvalue weighted by atomic mass is 32.1. The molecule has 21 heavy (non-hydrogen) atoms. The van der Waals surface area contributed by atoms with E-state index in [2.05, 4.69) is 15.3 Å². The van der Waals surface area contributed by atoms with Gasteiger partial charge in [-0.05, 0) is 54.9 Å². The van der Waals surface area contributed by atoms with Crippen molar-refractivity contribution < 1.29 is 9.47 Å². The number of aromatic amines is 1. The van der Waals surface area contributed by atoms with Gasteiger partial charge in [-0.3, -0.25) is 5.10 Å². The Balaban J connectivity index is 1.84. The lowest BCUT2D eigenvalue weighted by Gasteiger charge is -2.07. The highest BCUT2D eigenvalue weighted by Crippen LogP contribution is 2.26. The van der Waals surface area contributed by atoms with Crippen LogP contribution in [-0.2, 0) is 4.74 Å². The van der Waals surface area contributed by atoms with Crippen molar-refractivity contribution in [3.63, 3.8) is 0 Å². The second kappa shape index (κ2) is 6.19. The molecule has 0 bridgehead atoms. The van der Waals surface area contributed by atoms with Gasteiger partial charge in [-0.1, -0.05) is 0 Å². The minimum atomic E-state index is -0.0361. The molecule has 1 fully saturated rings. The first-order valence-electron chi connectivity index (χ1n) is 6.75. The molecule has 0 saturated carbocycles. The number of nitrogens with one attached hydrogen (secondary N) is 1. The molecule has 110 valence electrons. The standard InChI is InChI=1S/C14H16N4O2S/c1-19-11-6-4-10(5-7-11)9-15-18-13(16-17-14(18)21)12-3-2-8-20-12/h4-7,9,12H,2-3,8H2,1H3,(H,17,21)/b15-9-/t12-/m1/s1. The number of hydrogen-bond acceptors (Lipinski definition) is 5. The number of nitrogens with zero attached hydrogens (tertiary/aromatic N) is 3. The van der Waals surface area contributed by atoms with Crippen LogP contribution in [0.2, 0.25) is 0 Å². The van der Waals surface area contributed by atoms with Gasteiger partial charge < -0.3 is 9.47 Å². The van der Waals surface area contributed by atoms with Gasteiger partial charge in [0.1, 0.15) is 11.9 Å². The average molecular weight is 304 g/mol. The van der Waals surface area contributed by atoms with E-state index in [1.807, 2.05) is 24.3 Å². The molecular weight excluding hydrogens is 288 g/mol. The zero-order chi connectivity index (χ0) is 14.7. The Labute approximate surface area is 127 Å². The topological polar surface area (TPSA) is 64.4 Å². The first kappa shape index (κ1) is 14.0. The Kier molecular flexibility index (Phi) is 4.12. The Morgan fingerprint density at radius 1 is 1.48 bits per heavy atom. The molecule has 0 unspecified atom stereocenters. The highest BCUT2D eigenvalue weighted by Gasteiger charge is 2.23. The zero-order valence-corrected chi connectivity index (χ0v) is 12.5. The fourth-order valence-electron chi connectivity index (χ4n) is 2.22. The van der Waals surface area contributed by atoms with Gasteiger partial charge >= 0.3 is 0 Å². The van der Waals surface area contributed by atoms with Crippen LogP contribution in [0.4, 0.5) is 0 Å². The summed E-state index contributed by atoms with van der Waals surface area (Å²) in [6, 6.07) is 7.63. The van der Waals surface area contributed by atoms with E-state index in [4.69, 9.17) is 21.7 Å². The van der Waals surface area contributed by atoms with Crippen molar-refractivity contribution in [2.75, 3.05) is 13.7 Å². The molecular formula is C14H16N4O2S. The summed E-state index contributed by atoms with van der Waals surface area (Å²) in [5, 5.41) is 11.4. The van der Waals surface area contributed by atoms with Crippen molar-refractivity contribution in [2.24, 2.45) is 5.10 Å². The van der Waals surface area contributed by atoms with Gasteiger partial charge in [0.25, 0.3) is 0 Å². The molecule has 1 aromatic carbocycles. The molecule has 2 heterocycles. The zero-order valence-electron chi connectivity index (χ0n) is 11.7. The van der Waals surface area contributed by atoms with Crippen LogP contribution < -0.4 is 4.74 Å². The van der Waals surface area contributed by atoms with Gasteiger partial charge in [0.2, 0.25) is 4.77 Å². The third-order valence-corrected chi connectivity index (χ3v) is 3.60. The molecule has 0 spiro atoms. The predicted molar refractivity (Wildman–Crippen MR) is 81.3 cm³/mol. The number of H-pyrrole nitrogens is 1. The van der Waals surface area contributed by atoms with Crippen LogP contribution in [-0.4, -0.2) is 34.8 Å². The van der Waals surface area contributed by atoms with Crippen LogP contribution in [0.3, 0.4) is 0 Å². The van der Waals surface area contributed by atoms with Crippen LogP contribution in [0.25, 0.3) is 0 Å². The summed E-state index contributed by atoms with van der Waals surface area (Å²) in [5.41, 5.74) is 0.956. The molecule has 1 aliphatic heterocycles. The summed E-state index contributed by atoms with van der Waals surface area (Å²) in [6.07, 6.45) is 3.68. The summed E-state index contributed by atoms with van der Waals surface area (Å²) < 4.78 is 12.8. The molecule has 1 saturated heterocycles. The quantitative estimate of drug-likeness (QED) is 0.697. The van der Waals surface area contributed by atoms with Gasteiger partial charge in [0, 0.05) is 6.61 Å². The van der Waals surface area contributed by atoms with Gasteiger partial charge in [-0.2, -0.15) is 14.9 Å². The molecule has 1 aliphatic rings. The second-order valence-corrected chi connectivity index (χ2v) is 5.10. The van der Waals surface area contributed by atoms with Crippen molar-refractivity contribution in [3.05, 3.63) is 40.4 Å². The molecule has 1 aromatic heterocycles. The number of aromatic nitrogens is 3. The fraction of sp³-hybridized carbons (Fsp3) is 0.357. The first-order valence-corrected chi connectivity index (χ1v) is 7.16. The largest absolute Gasteiger partial charge is 0.497 e. The Morgan fingerprint density at radius 3 is 2.95 bits per heavy atom. The Morgan fingerprint density at radius 2 is 2.29 bits per heavy atom. The third-order valence-electron chi connectivity index (χ3n) is 3.33. The van der Waals surface area contributed by atoms with E-state index in [0.29, 0.717) is 4.77 Å². The molecule has 7 heteroatoms. The maximum Gasteiger partial charge on any atom is 0.216 e. The monoisotopic (exact) mass is 304 g/mol. The molecule has 0 radical (unpaired) electrons. The minimum absolute atomic E-state index is 0.0361. The second-order valence-electron chi connectivity index (χ2n) is 4.72. The molecule has 0 aliphatic carbocycles. The van der Waals surface area contributed by atoms with Crippen molar-refractivity contribution in [1.82, 2.24) is 14.9 Å². The molecule has 1 N–H and O–H groups in total. The smallest absolute Gasteiger partial charge is 0.216 e. The number of rotatable bonds is 4. The number of benzene rings is 1. The average Bonchev–Trinajstić information content (AvgIpc) is 3.15. The van der Waals surface area contributed by atoms with Crippen molar-refractivity contribution in [3.8, 4) is 5.75 Å². The summed E-state index contributed by atoms with van der Waals surface area (Å²) >= 11 is 5.22. The van der Waals surface area contributed by atoms with Crippen LogP contribution in [0, 0.1) is 4.77 Å². The normalized spacial score (nSPS) is 18.4. The van der Waals surface area contributed by atoms with E-state index in [1.165, 1.54) is 0 Å². The minimum Gasteiger partial charge on any atom is -0.497 e. The Bertz CT molecular complexity index is 684. The van der Waals surface area contributed by atoms with Gasteiger partial charge in [-0.25, -0.2) is 0 Å². The van der Waals surface area contributed by atoms with E-state index in [-0.39, 0.29) is 6.10 Å². The maximum absolute atomic E-state index is 5.64. The Hall–Kier alpha value is -1.99. The summed E-state index contributed by atoms with van der Waals surface area (Å²) in [5.74, 6) is 1.54. The van der Waals surface area contributed by atoms with E-state index in [9.17, 15) is 0 Å². The van der Waals surface area contributed by atoms with E-state index in [1.54, 1.807) is 18.0 Å². The van der Waals surface area contributed by atoms with Gasteiger partial charge in [-0.15, -0.1) is 0 Å². The summed E-state index contributed by atoms with van der Waals surface area (Å²) in [4.78, 5) is 0. The van der Waals surface area contributed by atoms with Crippen LogP contribution in [0.15, 0.2) is 29.4 Å². The van der Waals surface area contributed by atoms with E-state index in [0.717, 1.165) is 36.6 Å². The van der Waals surface area contributed by atoms with Crippen molar-refractivity contribution in [1.29, 1.82) is 0 Å². The lowest BCUT2D eigenvalue weighted by molar-refractivity contribution is 0.102. The number of hydrogen-bond donors (Lipinski definition) is 1. The predicted octanol–water partition coefficient (Wildman–Crippen LogP) is 2.68. The molecule has 0 amide bonds. The van der Waals surface area contributed by atoms with Crippen molar-refractivity contribution >= 4 is 18.4 Å². The van der Waals surface area contributed by atoms with Crippen LogP contribution in [0.1, 0.15) is 30.3 Å². The molecule has 3 rings (SSSR count). The summed E-state index contributed by atoms with van der Waals surface area (Å²) in [7, 11) is 1.64. The highest BCUT2D eigenvalue weighted by molar-refractivity contribution is 7.71. The van der Waals surface area contributed by atoms with Crippen LogP contribution in [0.5, 0.6) is 5.75 Å². The van der Waals surface area contributed by atoms with Crippen molar-refractivity contribution in [2.45, 2.75) is 18.9 Å². The van der Waals surface area contributed by atoms with E-state index < -0.39 is 0 Å². The SMILES string of the molecule is COc1ccc(/C=N\n2c([C@H]3CCCO3)n[nH]c2=S)cc1. The maximum atomic E-state index is 5.64. The fourth-order valence-corrected chi connectivity index (χ4v) is 2.41. The number of methoxy groups -OCH3 is 1. The first-order chi connectivity index (χ1) is 10.3. The van der Waals surface area contributed by atoms with Crippen LogP contribution >= 0.6 is 12.2 Å². The molecule has 1 atom stereocenters. The lowest BCUT2D eigenvalue weighted by atomic mass is 10.2.